The van der Waals surface area contributed by atoms with E-state index >= 15 is 0 Å². The average molecular weight is 543 g/mol. The maximum Gasteiger partial charge on any atom is 0.407 e. The third-order valence-corrected chi connectivity index (χ3v) is 6.32. The second-order valence-electron chi connectivity index (χ2n) is 7.80. The molecular formula is C25H22INO5. The molecule has 3 aromatic carbocycles. The molecule has 4 rings (SSSR count). The first-order chi connectivity index (χ1) is 15.3. The van der Waals surface area contributed by atoms with Crippen molar-refractivity contribution >= 4 is 34.7 Å². The molecule has 0 saturated heterocycles. The van der Waals surface area contributed by atoms with Crippen LogP contribution in [0.25, 0.3) is 11.1 Å². The highest BCUT2D eigenvalue weighted by atomic mass is 127. The minimum absolute atomic E-state index is 0.0333. The molecule has 0 heterocycles. The number of amides is 1. The lowest BCUT2D eigenvalue weighted by Crippen LogP contribution is -2.43. The zero-order chi connectivity index (χ0) is 22.8. The van der Waals surface area contributed by atoms with Crippen LogP contribution in [-0.4, -0.2) is 34.9 Å². The monoisotopic (exact) mass is 543 g/mol. The van der Waals surface area contributed by atoms with Gasteiger partial charge in [0.25, 0.3) is 0 Å². The molecule has 1 atom stereocenters. The summed E-state index contributed by atoms with van der Waals surface area (Å²) in [5, 5.41) is 22.3. The van der Waals surface area contributed by atoms with Gasteiger partial charge in [-0.1, -0.05) is 48.5 Å². The fourth-order valence-electron chi connectivity index (χ4n) is 4.16. The van der Waals surface area contributed by atoms with Crippen LogP contribution in [0.4, 0.5) is 4.79 Å². The lowest BCUT2D eigenvalue weighted by molar-refractivity contribution is -0.139. The van der Waals surface area contributed by atoms with Crippen LogP contribution in [0, 0.1) is 10.5 Å². The van der Waals surface area contributed by atoms with Crippen molar-refractivity contribution in [2.75, 3.05) is 6.61 Å². The second kappa shape index (κ2) is 9.20. The molecule has 3 aromatic rings. The Bertz CT molecular complexity index is 1150. The predicted molar refractivity (Wildman–Crippen MR) is 129 cm³/mol. The topological polar surface area (TPSA) is 95.9 Å². The van der Waals surface area contributed by atoms with Gasteiger partial charge in [0, 0.05) is 15.9 Å². The van der Waals surface area contributed by atoms with Crippen molar-refractivity contribution in [3.8, 4) is 16.9 Å². The number of nitrogens with one attached hydrogen (secondary N) is 1. The zero-order valence-corrected chi connectivity index (χ0v) is 19.5. The molecule has 0 aromatic heterocycles. The van der Waals surface area contributed by atoms with E-state index in [4.69, 9.17) is 4.74 Å². The van der Waals surface area contributed by atoms with Crippen molar-refractivity contribution in [2.24, 2.45) is 0 Å². The summed E-state index contributed by atoms with van der Waals surface area (Å²) in [5.74, 6) is -1.28. The number of aromatic hydroxyl groups is 1. The maximum atomic E-state index is 12.5. The van der Waals surface area contributed by atoms with Crippen LogP contribution in [0.3, 0.4) is 0 Å². The van der Waals surface area contributed by atoms with E-state index in [1.54, 1.807) is 19.1 Å². The Hall–Kier alpha value is -3.07. The summed E-state index contributed by atoms with van der Waals surface area (Å²) in [6.07, 6.45) is -0.857. The van der Waals surface area contributed by atoms with Crippen molar-refractivity contribution in [2.45, 2.75) is 25.3 Å². The number of phenols is 1. The number of carbonyl (C=O) groups excluding carboxylic acids is 1. The first-order valence-corrected chi connectivity index (χ1v) is 11.3. The van der Waals surface area contributed by atoms with Gasteiger partial charge in [0.15, 0.2) is 0 Å². The second-order valence-corrected chi connectivity index (χ2v) is 9.04. The summed E-state index contributed by atoms with van der Waals surface area (Å²) < 4.78 is 6.33. The number of aliphatic carboxylic acids is 1. The molecule has 164 valence electrons. The third kappa shape index (κ3) is 4.43. The number of hydrogen-bond acceptors (Lipinski definition) is 4. The van der Waals surface area contributed by atoms with Gasteiger partial charge >= 0.3 is 12.1 Å². The fourth-order valence-corrected chi connectivity index (χ4v) is 5.01. The van der Waals surface area contributed by atoms with E-state index in [0.717, 1.165) is 25.8 Å². The molecular weight excluding hydrogens is 521 g/mol. The number of aryl methyl sites for hydroxylation is 1. The first-order valence-electron chi connectivity index (χ1n) is 10.2. The summed E-state index contributed by atoms with van der Waals surface area (Å²) in [7, 11) is 0. The van der Waals surface area contributed by atoms with E-state index in [1.807, 2.05) is 48.5 Å². The number of benzene rings is 3. The van der Waals surface area contributed by atoms with Crippen LogP contribution in [0.1, 0.15) is 28.2 Å². The summed E-state index contributed by atoms with van der Waals surface area (Å²) in [6, 6.07) is 18.3. The van der Waals surface area contributed by atoms with Gasteiger partial charge in [-0.05, 0) is 75.0 Å². The van der Waals surface area contributed by atoms with E-state index in [0.29, 0.717) is 11.1 Å². The number of phenolic OH excluding ortho intramolecular Hbond substituents is 1. The Morgan fingerprint density at radius 1 is 1.06 bits per heavy atom. The van der Waals surface area contributed by atoms with E-state index in [2.05, 4.69) is 27.9 Å². The quantitative estimate of drug-likeness (QED) is 0.387. The minimum Gasteiger partial charge on any atom is -0.507 e. The van der Waals surface area contributed by atoms with Crippen LogP contribution in [0.2, 0.25) is 0 Å². The molecule has 6 nitrogen and oxygen atoms in total. The predicted octanol–water partition coefficient (Wildman–Crippen LogP) is 4.84. The molecule has 32 heavy (non-hydrogen) atoms. The molecule has 0 radical (unpaired) electrons. The van der Waals surface area contributed by atoms with Gasteiger partial charge in [0.2, 0.25) is 0 Å². The number of ether oxygens (including phenoxy) is 1. The van der Waals surface area contributed by atoms with Crippen molar-refractivity contribution in [1.29, 1.82) is 0 Å². The van der Waals surface area contributed by atoms with Gasteiger partial charge in [-0.15, -0.1) is 0 Å². The van der Waals surface area contributed by atoms with Crippen molar-refractivity contribution in [1.82, 2.24) is 5.32 Å². The van der Waals surface area contributed by atoms with Crippen LogP contribution in [0.15, 0.2) is 60.7 Å². The normalized spacial score (nSPS) is 13.2. The molecule has 0 bridgehead atoms. The highest BCUT2D eigenvalue weighted by Gasteiger charge is 2.30. The van der Waals surface area contributed by atoms with E-state index in [-0.39, 0.29) is 24.7 Å². The van der Waals surface area contributed by atoms with Gasteiger partial charge in [0.1, 0.15) is 18.4 Å². The first kappa shape index (κ1) is 22.1. The minimum atomic E-state index is -1.23. The summed E-state index contributed by atoms with van der Waals surface area (Å²) in [4.78, 5) is 24.2. The third-order valence-electron chi connectivity index (χ3n) is 5.70. The molecule has 7 heteroatoms. The Labute approximate surface area is 199 Å². The zero-order valence-electron chi connectivity index (χ0n) is 17.3. The van der Waals surface area contributed by atoms with Gasteiger partial charge in [-0.25, -0.2) is 9.59 Å². The molecule has 0 saturated carbocycles. The smallest absolute Gasteiger partial charge is 0.407 e. The summed E-state index contributed by atoms with van der Waals surface area (Å²) in [5.41, 5.74) is 5.50. The van der Waals surface area contributed by atoms with Crippen molar-refractivity contribution in [3.63, 3.8) is 0 Å². The van der Waals surface area contributed by atoms with Gasteiger partial charge in [0.05, 0.1) is 0 Å². The van der Waals surface area contributed by atoms with Gasteiger partial charge in [-0.2, -0.15) is 0 Å². The lowest BCUT2D eigenvalue weighted by Gasteiger charge is -2.18. The number of halogens is 1. The Morgan fingerprint density at radius 3 is 2.25 bits per heavy atom. The van der Waals surface area contributed by atoms with E-state index in [1.165, 1.54) is 0 Å². The highest BCUT2D eigenvalue weighted by Crippen LogP contribution is 2.44. The number of hydrogen-bond donors (Lipinski definition) is 3. The van der Waals surface area contributed by atoms with Crippen molar-refractivity contribution in [3.05, 3.63) is 86.5 Å². The average Bonchev–Trinajstić information content (AvgIpc) is 3.09. The SMILES string of the molecule is Cc1cc(I)cc(CC(NC(=O)OCC2c3ccccc3-c3ccccc32)C(=O)O)c1O. The maximum absolute atomic E-state index is 12.5. The number of carbonyl (C=O) groups is 2. The molecule has 1 aliphatic rings. The number of fused-ring (bicyclic) bond motifs is 3. The summed E-state index contributed by atoms with van der Waals surface area (Å²) in [6.45, 7) is 1.84. The number of alkyl carbamates (subject to hydrolysis) is 1. The molecule has 0 spiro atoms. The Kier molecular flexibility index (Phi) is 6.36. The number of rotatable bonds is 6. The van der Waals surface area contributed by atoms with Crippen LogP contribution < -0.4 is 5.32 Å². The standard InChI is InChI=1S/C25H22INO5/c1-14-10-16(26)11-15(23(14)28)12-22(24(29)30)27-25(31)32-13-21-19-8-4-2-6-17(19)18-7-3-5-9-20(18)21/h2-11,21-22,28H,12-13H2,1H3,(H,27,31)(H,29,30). The lowest BCUT2D eigenvalue weighted by atomic mass is 9.98. The fraction of sp³-hybridized carbons (Fsp3) is 0.200. The summed E-state index contributed by atoms with van der Waals surface area (Å²) >= 11 is 2.10. The van der Waals surface area contributed by atoms with Gasteiger partial charge < -0.3 is 20.3 Å². The molecule has 0 aliphatic heterocycles. The largest absolute Gasteiger partial charge is 0.507 e. The number of carboxylic acids is 1. The highest BCUT2D eigenvalue weighted by molar-refractivity contribution is 14.1. The van der Waals surface area contributed by atoms with Crippen molar-refractivity contribution < 1.29 is 24.5 Å². The molecule has 1 amide bonds. The molecule has 0 fully saturated rings. The Balaban J connectivity index is 1.46. The Morgan fingerprint density at radius 2 is 1.66 bits per heavy atom. The number of carboxylic acid groups (broad SMARTS) is 1. The van der Waals surface area contributed by atoms with Crippen LogP contribution in [0.5, 0.6) is 5.75 Å². The molecule has 1 unspecified atom stereocenters. The van der Waals surface area contributed by atoms with Crippen LogP contribution >= 0.6 is 22.6 Å². The van der Waals surface area contributed by atoms with E-state index in [9.17, 15) is 19.8 Å². The van der Waals surface area contributed by atoms with Gasteiger partial charge in [-0.3, -0.25) is 0 Å². The van der Waals surface area contributed by atoms with Crippen LogP contribution in [-0.2, 0) is 16.0 Å². The molecule has 3 N–H and O–H groups in total. The van der Waals surface area contributed by atoms with E-state index < -0.39 is 18.1 Å². The molecule has 1 aliphatic carbocycles.